The molecule has 132 valence electrons. The van der Waals surface area contributed by atoms with E-state index in [0.29, 0.717) is 16.9 Å². The van der Waals surface area contributed by atoms with E-state index < -0.39 is 17.5 Å². The highest BCUT2D eigenvalue weighted by molar-refractivity contribution is 6.35. The van der Waals surface area contributed by atoms with Crippen LogP contribution < -0.4 is 21.3 Å². The third kappa shape index (κ3) is 3.99. The Balaban J connectivity index is 1.72. The Kier molecular flexibility index (Phi) is 4.48. The molecule has 1 unspecified atom stereocenters. The SMILES string of the molecule is Cc1ccc(NC2(C)NC=CC=C2NC(=O)C(=O)NC2CC2)cc1F. The van der Waals surface area contributed by atoms with E-state index in [1.165, 1.54) is 6.07 Å². The topological polar surface area (TPSA) is 82.3 Å². The number of anilines is 1. The lowest BCUT2D eigenvalue weighted by Crippen LogP contribution is -2.55. The normalized spacial score (nSPS) is 21.8. The number of benzene rings is 1. The molecule has 6 nitrogen and oxygen atoms in total. The van der Waals surface area contributed by atoms with Crippen LogP contribution in [-0.2, 0) is 9.59 Å². The number of carbonyl (C=O) groups excluding carboxylic acids is 2. The molecule has 0 aromatic heterocycles. The van der Waals surface area contributed by atoms with Crippen molar-refractivity contribution < 1.29 is 14.0 Å². The quantitative estimate of drug-likeness (QED) is 0.626. The number of nitrogens with one attached hydrogen (secondary N) is 4. The lowest BCUT2D eigenvalue weighted by atomic mass is 10.0. The molecule has 1 aliphatic heterocycles. The standard InChI is InChI=1S/C18H21FN4O2/c1-11-5-6-13(10-14(11)19)23-18(2)15(4-3-9-20-18)22-17(25)16(24)21-12-7-8-12/h3-6,9-10,12,20,23H,7-8H2,1-2H3,(H,21,24)(H,22,25). The molecule has 1 heterocycles. The Bertz CT molecular complexity index is 770. The van der Waals surface area contributed by atoms with Crippen molar-refractivity contribution in [1.82, 2.24) is 16.0 Å². The summed E-state index contributed by atoms with van der Waals surface area (Å²) in [5.74, 6) is -1.70. The predicted molar refractivity (Wildman–Crippen MR) is 92.8 cm³/mol. The summed E-state index contributed by atoms with van der Waals surface area (Å²) in [5, 5.41) is 11.5. The second kappa shape index (κ2) is 6.58. The van der Waals surface area contributed by atoms with Crippen molar-refractivity contribution >= 4 is 17.5 Å². The van der Waals surface area contributed by atoms with Crippen molar-refractivity contribution in [3.8, 4) is 0 Å². The number of carbonyl (C=O) groups is 2. The average molecular weight is 344 g/mol. The van der Waals surface area contributed by atoms with Gasteiger partial charge in [-0.3, -0.25) is 9.59 Å². The van der Waals surface area contributed by atoms with Crippen molar-refractivity contribution in [2.24, 2.45) is 0 Å². The second-order valence-electron chi connectivity index (χ2n) is 6.50. The lowest BCUT2D eigenvalue weighted by molar-refractivity contribution is -0.138. The third-order valence-corrected chi connectivity index (χ3v) is 4.20. The highest BCUT2D eigenvalue weighted by Crippen LogP contribution is 2.23. The monoisotopic (exact) mass is 344 g/mol. The van der Waals surface area contributed by atoms with E-state index in [0.717, 1.165) is 12.8 Å². The van der Waals surface area contributed by atoms with Gasteiger partial charge >= 0.3 is 11.8 Å². The molecule has 1 aliphatic carbocycles. The molecule has 0 saturated heterocycles. The van der Waals surface area contributed by atoms with Crippen molar-refractivity contribution in [2.75, 3.05) is 5.32 Å². The predicted octanol–water partition coefficient (Wildman–Crippen LogP) is 1.66. The maximum atomic E-state index is 13.8. The Hall–Kier alpha value is -2.83. The Morgan fingerprint density at radius 3 is 2.72 bits per heavy atom. The molecule has 1 saturated carbocycles. The zero-order valence-corrected chi connectivity index (χ0v) is 14.2. The first kappa shape index (κ1) is 17.0. The molecule has 1 aromatic rings. The van der Waals surface area contributed by atoms with Crippen molar-refractivity contribution in [3.63, 3.8) is 0 Å². The van der Waals surface area contributed by atoms with Gasteiger partial charge < -0.3 is 21.3 Å². The van der Waals surface area contributed by atoms with Crippen LogP contribution in [0.4, 0.5) is 10.1 Å². The van der Waals surface area contributed by atoms with Gasteiger partial charge in [-0.05, 0) is 62.7 Å². The average Bonchev–Trinajstić information content (AvgIpc) is 3.37. The van der Waals surface area contributed by atoms with Crippen molar-refractivity contribution in [1.29, 1.82) is 0 Å². The first-order valence-corrected chi connectivity index (χ1v) is 8.18. The first-order chi connectivity index (χ1) is 11.9. The largest absolute Gasteiger partial charge is 0.364 e. The van der Waals surface area contributed by atoms with Gasteiger partial charge in [0.05, 0.1) is 5.70 Å². The molecule has 0 spiro atoms. The summed E-state index contributed by atoms with van der Waals surface area (Å²) in [6.07, 6.45) is 6.93. The molecule has 1 aromatic carbocycles. The Morgan fingerprint density at radius 2 is 2.04 bits per heavy atom. The van der Waals surface area contributed by atoms with Crippen LogP contribution in [0.3, 0.4) is 0 Å². The van der Waals surface area contributed by atoms with Crippen LogP contribution in [-0.4, -0.2) is 23.5 Å². The first-order valence-electron chi connectivity index (χ1n) is 8.18. The van der Waals surface area contributed by atoms with Gasteiger partial charge in [0, 0.05) is 11.7 Å². The number of amides is 2. The Labute approximate surface area is 145 Å². The molecule has 1 fully saturated rings. The van der Waals surface area contributed by atoms with Gasteiger partial charge in [0.25, 0.3) is 0 Å². The number of halogens is 1. The highest BCUT2D eigenvalue weighted by atomic mass is 19.1. The molecule has 0 radical (unpaired) electrons. The summed E-state index contributed by atoms with van der Waals surface area (Å²) in [6, 6.07) is 4.92. The zero-order chi connectivity index (χ0) is 18.0. The Morgan fingerprint density at radius 1 is 1.28 bits per heavy atom. The van der Waals surface area contributed by atoms with E-state index in [-0.39, 0.29) is 11.9 Å². The minimum atomic E-state index is -0.897. The van der Waals surface area contributed by atoms with E-state index in [9.17, 15) is 14.0 Å². The van der Waals surface area contributed by atoms with Crippen molar-refractivity contribution in [2.45, 2.75) is 38.4 Å². The molecule has 1 atom stereocenters. The lowest BCUT2D eigenvalue weighted by Gasteiger charge is -2.36. The summed E-state index contributed by atoms with van der Waals surface area (Å²) in [4.78, 5) is 24.0. The number of rotatable bonds is 4. The molecule has 7 heteroatoms. The summed E-state index contributed by atoms with van der Waals surface area (Å²) < 4.78 is 13.8. The fourth-order valence-corrected chi connectivity index (χ4v) is 2.49. The van der Waals surface area contributed by atoms with Crippen LogP contribution in [0.5, 0.6) is 0 Å². The molecule has 25 heavy (non-hydrogen) atoms. The van der Waals surface area contributed by atoms with E-state index in [2.05, 4.69) is 21.3 Å². The van der Waals surface area contributed by atoms with Gasteiger partial charge in [0.2, 0.25) is 0 Å². The smallest absolute Gasteiger partial charge is 0.313 e. The van der Waals surface area contributed by atoms with Crippen LogP contribution in [0.25, 0.3) is 0 Å². The zero-order valence-electron chi connectivity index (χ0n) is 14.2. The van der Waals surface area contributed by atoms with Gasteiger partial charge in [-0.15, -0.1) is 0 Å². The minimum Gasteiger partial charge on any atom is -0.364 e. The summed E-state index contributed by atoms with van der Waals surface area (Å²) in [5.41, 5.74) is 0.669. The van der Waals surface area contributed by atoms with Crippen LogP contribution >= 0.6 is 0 Å². The maximum absolute atomic E-state index is 13.8. The highest BCUT2D eigenvalue weighted by Gasteiger charge is 2.33. The minimum absolute atomic E-state index is 0.108. The third-order valence-electron chi connectivity index (χ3n) is 4.20. The fraction of sp³-hybridized carbons (Fsp3) is 0.333. The molecular weight excluding hydrogens is 323 g/mol. The number of hydrogen-bond acceptors (Lipinski definition) is 4. The van der Waals surface area contributed by atoms with Gasteiger partial charge in [0.1, 0.15) is 11.5 Å². The summed E-state index contributed by atoms with van der Waals surface area (Å²) in [7, 11) is 0. The van der Waals surface area contributed by atoms with Crippen LogP contribution in [0.2, 0.25) is 0 Å². The maximum Gasteiger partial charge on any atom is 0.313 e. The molecule has 4 N–H and O–H groups in total. The molecular formula is C18H21FN4O2. The number of aryl methyl sites for hydroxylation is 1. The molecule has 0 bridgehead atoms. The number of dihydropyridines is 1. The summed E-state index contributed by atoms with van der Waals surface area (Å²) in [6.45, 7) is 3.48. The molecule has 3 rings (SSSR count). The second-order valence-corrected chi connectivity index (χ2v) is 6.50. The molecule has 2 aliphatic rings. The van der Waals surface area contributed by atoms with E-state index >= 15 is 0 Å². The van der Waals surface area contributed by atoms with Gasteiger partial charge in [-0.1, -0.05) is 6.07 Å². The van der Waals surface area contributed by atoms with Crippen molar-refractivity contribution in [3.05, 3.63) is 53.6 Å². The number of hydrogen-bond donors (Lipinski definition) is 4. The van der Waals surface area contributed by atoms with Gasteiger partial charge in [0.15, 0.2) is 0 Å². The number of allylic oxidation sites excluding steroid dienone is 2. The van der Waals surface area contributed by atoms with E-state index in [1.54, 1.807) is 44.3 Å². The van der Waals surface area contributed by atoms with Gasteiger partial charge in [-0.25, -0.2) is 4.39 Å². The summed E-state index contributed by atoms with van der Waals surface area (Å²) >= 11 is 0. The van der Waals surface area contributed by atoms with Crippen LogP contribution in [0, 0.1) is 12.7 Å². The van der Waals surface area contributed by atoms with Gasteiger partial charge in [-0.2, -0.15) is 0 Å². The van der Waals surface area contributed by atoms with E-state index in [4.69, 9.17) is 0 Å². The fourth-order valence-electron chi connectivity index (χ4n) is 2.49. The van der Waals surface area contributed by atoms with Crippen LogP contribution in [0.15, 0.2) is 42.2 Å². The van der Waals surface area contributed by atoms with E-state index in [1.807, 2.05) is 0 Å². The molecule has 2 amide bonds. The van der Waals surface area contributed by atoms with Crippen LogP contribution in [0.1, 0.15) is 25.3 Å².